The smallest absolute Gasteiger partial charge is 0.240 e. The van der Waals surface area contributed by atoms with Crippen molar-refractivity contribution in [3.05, 3.63) is 27.7 Å². The normalized spacial score (nSPS) is 19.4. The number of hydrogen-bond donors (Lipinski definition) is 2. The number of halogens is 1. The fourth-order valence-electron chi connectivity index (χ4n) is 2.48. The SMILES string of the molecule is Cc1cc(S(=O)(=O)NCCC2CCNC2)c(C)cc1Br. The Bertz CT molecular complexity index is 581. The van der Waals surface area contributed by atoms with Crippen molar-refractivity contribution < 1.29 is 8.42 Å². The molecule has 1 aliphatic heterocycles. The largest absolute Gasteiger partial charge is 0.316 e. The Balaban J connectivity index is 2.04. The van der Waals surface area contributed by atoms with Gasteiger partial charge in [-0.1, -0.05) is 15.9 Å². The maximum Gasteiger partial charge on any atom is 0.240 e. The first-order valence-corrected chi connectivity index (χ1v) is 9.15. The van der Waals surface area contributed by atoms with Crippen LogP contribution >= 0.6 is 15.9 Å². The second kappa shape index (κ2) is 6.56. The van der Waals surface area contributed by atoms with Crippen LogP contribution in [-0.2, 0) is 10.0 Å². The number of sulfonamides is 1. The predicted molar refractivity (Wildman–Crippen MR) is 84.4 cm³/mol. The summed E-state index contributed by atoms with van der Waals surface area (Å²) in [4.78, 5) is 0.378. The lowest BCUT2D eigenvalue weighted by atomic mass is 10.1. The van der Waals surface area contributed by atoms with Crippen LogP contribution in [-0.4, -0.2) is 28.1 Å². The Morgan fingerprint density at radius 1 is 1.35 bits per heavy atom. The van der Waals surface area contributed by atoms with Gasteiger partial charge in [0.15, 0.2) is 0 Å². The summed E-state index contributed by atoms with van der Waals surface area (Å²) >= 11 is 3.42. The van der Waals surface area contributed by atoms with E-state index in [1.807, 2.05) is 19.9 Å². The maximum atomic E-state index is 12.3. The van der Waals surface area contributed by atoms with Crippen LogP contribution in [0.1, 0.15) is 24.0 Å². The molecule has 4 nitrogen and oxygen atoms in total. The van der Waals surface area contributed by atoms with Gasteiger partial charge in [0.05, 0.1) is 4.90 Å². The molecule has 1 aromatic carbocycles. The molecule has 112 valence electrons. The molecule has 0 aromatic heterocycles. The molecule has 1 aromatic rings. The van der Waals surface area contributed by atoms with E-state index in [0.717, 1.165) is 41.5 Å². The van der Waals surface area contributed by atoms with Gasteiger partial charge >= 0.3 is 0 Å². The van der Waals surface area contributed by atoms with Crippen molar-refractivity contribution in [3.63, 3.8) is 0 Å². The summed E-state index contributed by atoms with van der Waals surface area (Å²) in [5.41, 5.74) is 1.69. The van der Waals surface area contributed by atoms with Gasteiger partial charge in [0.1, 0.15) is 0 Å². The fraction of sp³-hybridized carbons (Fsp3) is 0.571. The summed E-state index contributed by atoms with van der Waals surface area (Å²) in [7, 11) is -3.41. The minimum atomic E-state index is -3.41. The zero-order valence-electron chi connectivity index (χ0n) is 11.9. The van der Waals surface area contributed by atoms with Gasteiger partial charge in [-0.15, -0.1) is 0 Å². The van der Waals surface area contributed by atoms with Crippen LogP contribution in [0.3, 0.4) is 0 Å². The molecule has 0 amide bonds. The molecular formula is C14H21BrN2O2S. The van der Waals surface area contributed by atoms with E-state index < -0.39 is 10.0 Å². The first-order valence-electron chi connectivity index (χ1n) is 6.87. The van der Waals surface area contributed by atoms with Crippen LogP contribution in [0.25, 0.3) is 0 Å². The van der Waals surface area contributed by atoms with Gasteiger partial charge in [-0.3, -0.25) is 0 Å². The third-order valence-electron chi connectivity index (χ3n) is 3.75. The standard InChI is InChI=1S/C14H21BrN2O2S/c1-10-8-14(11(2)7-13(10)15)20(18,19)17-6-4-12-3-5-16-9-12/h7-8,12,16-17H,3-6,9H2,1-2H3. The molecule has 1 unspecified atom stereocenters. The molecule has 0 spiro atoms. The zero-order valence-corrected chi connectivity index (χ0v) is 14.3. The molecule has 1 heterocycles. The zero-order chi connectivity index (χ0) is 14.8. The summed E-state index contributed by atoms with van der Waals surface area (Å²) in [5.74, 6) is 0.588. The molecule has 20 heavy (non-hydrogen) atoms. The number of aryl methyl sites for hydroxylation is 2. The minimum Gasteiger partial charge on any atom is -0.316 e. The second-order valence-corrected chi connectivity index (χ2v) is 8.00. The molecule has 1 aliphatic rings. The van der Waals surface area contributed by atoms with Crippen LogP contribution in [0.2, 0.25) is 0 Å². The van der Waals surface area contributed by atoms with Crippen LogP contribution < -0.4 is 10.0 Å². The number of benzene rings is 1. The van der Waals surface area contributed by atoms with Gasteiger partial charge in [-0.05, 0) is 69.0 Å². The van der Waals surface area contributed by atoms with Gasteiger partial charge in [-0.25, -0.2) is 13.1 Å². The van der Waals surface area contributed by atoms with E-state index in [1.165, 1.54) is 0 Å². The van der Waals surface area contributed by atoms with E-state index in [4.69, 9.17) is 0 Å². The Labute approximate surface area is 129 Å². The molecule has 2 rings (SSSR count). The van der Waals surface area contributed by atoms with Crippen LogP contribution in [0.4, 0.5) is 0 Å². The number of nitrogens with one attached hydrogen (secondary N) is 2. The molecule has 1 fully saturated rings. The molecule has 0 bridgehead atoms. The Hall–Kier alpha value is -0.430. The van der Waals surface area contributed by atoms with Crippen molar-refractivity contribution in [3.8, 4) is 0 Å². The van der Waals surface area contributed by atoms with E-state index in [0.29, 0.717) is 17.4 Å². The average Bonchev–Trinajstić information content (AvgIpc) is 2.86. The molecular weight excluding hydrogens is 340 g/mol. The molecule has 0 saturated carbocycles. The monoisotopic (exact) mass is 360 g/mol. The van der Waals surface area contributed by atoms with E-state index in [1.54, 1.807) is 6.07 Å². The summed E-state index contributed by atoms with van der Waals surface area (Å²) in [5, 5.41) is 3.29. The molecule has 1 saturated heterocycles. The third kappa shape index (κ3) is 3.81. The lowest BCUT2D eigenvalue weighted by molar-refractivity contribution is 0.519. The highest BCUT2D eigenvalue weighted by molar-refractivity contribution is 9.10. The first kappa shape index (κ1) is 15.9. The molecule has 0 aliphatic carbocycles. The van der Waals surface area contributed by atoms with Crippen LogP contribution in [0, 0.1) is 19.8 Å². The first-order chi connectivity index (χ1) is 9.40. The van der Waals surface area contributed by atoms with Crippen LogP contribution in [0.5, 0.6) is 0 Å². The molecule has 1 atom stereocenters. The summed E-state index contributed by atoms with van der Waals surface area (Å²) in [6.45, 7) is 6.26. The third-order valence-corrected chi connectivity index (χ3v) is 6.21. The van der Waals surface area contributed by atoms with Crippen molar-refractivity contribution in [2.75, 3.05) is 19.6 Å². The fourth-order valence-corrected chi connectivity index (χ4v) is 4.29. The van der Waals surface area contributed by atoms with Crippen molar-refractivity contribution in [2.45, 2.75) is 31.6 Å². The van der Waals surface area contributed by atoms with Crippen molar-refractivity contribution >= 4 is 26.0 Å². The molecule has 0 radical (unpaired) electrons. The summed E-state index contributed by atoms with van der Waals surface area (Å²) in [6.07, 6.45) is 2.03. The number of rotatable bonds is 5. The minimum absolute atomic E-state index is 0.378. The molecule has 2 N–H and O–H groups in total. The van der Waals surface area contributed by atoms with E-state index in [9.17, 15) is 8.42 Å². The van der Waals surface area contributed by atoms with Crippen molar-refractivity contribution in [1.82, 2.24) is 10.0 Å². The summed E-state index contributed by atoms with van der Waals surface area (Å²) in [6, 6.07) is 3.57. The summed E-state index contributed by atoms with van der Waals surface area (Å²) < 4.78 is 28.4. The highest BCUT2D eigenvalue weighted by Gasteiger charge is 2.19. The second-order valence-electron chi connectivity index (χ2n) is 5.41. The van der Waals surface area contributed by atoms with Gasteiger partial charge in [0.25, 0.3) is 0 Å². The van der Waals surface area contributed by atoms with Gasteiger partial charge in [0, 0.05) is 11.0 Å². The van der Waals surface area contributed by atoms with Crippen molar-refractivity contribution in [1.29, 1.82) is 0 Å². The number of hydrogen-bond acceptors (Lipinski definition) is 3. The van der Waals surface area contributed by atoms with Gasteiger partial charge in [-0.2, -0.15) is 0 Å². The highest BCUT2D eigenvalue weighted by atomic mass is 79.9. The quantitative estimate of drug-likeness (QED) is 0.847. The van der Waals surface area contributed by atoms with E-state index in [-0.39, 0.29) is 0 Å². The Kier molecular flexibility index (Phi) is 5.23. The predicted octanol–water partition coefficient (Wildman–Crippen LogP) is 2.34. The van der Waals surface area contributed by atoms with Crippen LogP contribution in [0.15, 0.2) is 21.5 Å². The molecule has 6 heteroatoms. The maximum absolute atomic E-state index is 12.3. The highest BCUT2D eigenvalue weighted by Crippen LogP contribution is 2.24. The van der Waals surface area contributed by atoms with Crippen molar-refractivity contribution in [2.24, 2.45) is 5.92 Å². The lowest BCUT2D eigenvalue weighted by Crippen LogP contribution is -2.27. The topological polar surface area (TPSA) is 58.2 Å². The van der Waals surface area contributed by atoms with E-state index >= 15 is 0 Å². The Morgan fingerprint density at radius 3 is 2.75 bits per heavy atom. The van der Waals surface area contributed by atoms with E-state index in [2.05, 4.69) is 26.0 Å². The Morgan fingerprint density at radius 2 is 2.10 bits per heavy atom. The van der Waals surface area contributed by atoms with Gasteiger partial charge < -0.3 is 5.32 Å². The average molecular weight is 361 g/mol. The lowest BCUT2D eigenvalue weighted by Gasteiger charge is -2.13. The van der Waals surface area contributed by atoms with Gasteiger partial charge in [0.2, 0.25) is 10.0 Å².